The van der Waals surface area contributed by atoms with Crippen LogP contribution in [0, 0.1) is 11.7 Å². The Bertz CT molecular complexity index is 709. The highest BCUT2D eigenvalue weighted by molar-refractivity contribution is 5.89. The van der Waals surface area contributed by atoms with Gasteiger partial charge >= 0.3 is 5.97 Å². The minimum absolute atomic E-state index is 0.261. The van der Waals surface area contributed by atoms with Crippen LogP contribution in [-0.2, 0) is 17.7 Å². The van der Waals surface area contributed by atoms with E-state index in [1.165, 1.54) is 38.9 Å². The van der Waals surface area contributed by atoms with Gasteiger partial charge in [-0.3, -0.25) is 4.90 Å². The van der Waals surface area contributed by atoms with Gasteiger partial charge in [0, 0.05) is 31.2 Å². The lowest BCUT2D eigenvalue weighted by atomic mass is 9.86. The van der Waals surface area contributed by atoms with E-state index < -0.39 is 5.97 Å². The number of esters is 1. The average Bonchev–Trinajstić information content (AvgIpc) is 2.87. The minimum Gasteiger partial charge on any atom is -0.465 e. The van der Waals surface area contributed by atoms with Crippen LogP contribution in [-0.4, -0.2) is 54.6 Å². The number of halogens is 1. The third-order valence-corrected chi connectivity index (χ3v) is 7.20. The molecule has 0 spiro atoms. The van der Waals surface area contributed by atoms with E-state index in [2.05, 4.69) is 23.8 Å². The van der Waals surface area contributed by atoms with Gasteiger partial charge in [-0.2, -0.15) is 0 Å². The van der Waals surface area contributed by atoms with Gasteiger partial charge in [0.1, 0.15) is 5.82 Å². The summed E-state index contributed by atoms with van der Waals surface area (Å²) in [6.45, 7) is 4.02. The molecule has 0 aromatic heterocycles. The fourth-order valence-electron chi connectivity index (χ4n) is 5.63. The first-order chi connectivity index (χ1) is 13.0. The Hall–Kier alpha value is -1.46. The van der Waals surface area contributed by atoms with Crippen molar-refractivity contribution in [3.63, 3.8) is 0 Å². The van der Waals surface area contributed by atoms with Gasteiger partial charge in [0.05, 0.1) is 12.7 Å². The summed E-state index contributed by atoms with van der Waals surface area (Å²) in [4.78, 5) is 17.0. The normalized spacial score (nSPS) is 31.0. The van der Waals surface area contributed by atoms with Gasteiger partial charge in [-0.1, -0.05) is 6.92 Å². The monoisotopic (exact) mass is 374 g/mol. The molecule has 1 aromatic rings. The zero-order valence-corrected chi connectivity index (χ0v) is 16.7. The van der Waals surface area contributed by atoms with Gasteiger partial charge in [-0.15, -0.1) is 0 Å². The Morgan fingerprint density at radius 3 is 2.59 bits per heavy atom. The van der Waals surface area contributed by atoms with Gasteiger partial charge in [-0.25, -0.2) is 9.18 Å². The Balaban J connectivity index is 1.53. The fraction of sp³-hybridized carbons (Fsp3) is 0.682. The average molecular weight is 375 g/mol. The number of benzene rings is 1. The lowest BCUT2D eigenvalue weighted by Crippen LogP contribution is -2.47. The molecule has 4 nitrogen and oxygen atoms in total. The lowest BCUT2D eigenvalue weighted by Gasteiger charge is -2.42. The lowest BCUT2D eigenvalue weighted by molar-refractivity contribution is 0.0598. The summed E-state index contributed by atoms with van der Waals surface area (Å²) in [5, 5.41) is 0. The molecule has 3 aliphatic rings. The van der Waals surface area contributed by atoms with Crippen molar-refractivity contribution in [1.29, 1.82) is 0 Å². The summed E-state index contributed by atoms with van der Waals surface area (Å²) < 4.78 is 19.4. The van der Waals surface area contributed by atoms with Crippen molar-refractivity contribution >= 4 is 5.97 Å². The number of piperidine rings is 1. The molecule has 4 rings (SSSR count). The quantitative estimate of drug-likeness (QED) is 0.754. The van der Waals surface area contributed by atoms with Crippen molar-refractivity contribution in [3.8, 4) is 0 Å². The molecular formula is C22H31FN2O2. The maximum Gasteiger partial charge on any atom is 0.337 e. The van der Waals surface area contributed by atoms with Crippen molar-refractivity contribution in [1.82, 2.24) is 9.80 Å². The van der Waals surface area contributed by atoms with Crippen LogP contribution in [0.1, 0.15) is 60.5 Å². The molecule has 2 bridgehead atoms. The van der Waals surface area contributed by atoms with Crippen molar-refractivity contribution in [2.75, 3.05) is 20.7 Å². The van der Waals surface area contributed by atoms with E-state index in [9.17, 15) is 9.18 Å². The number of carbonyl (C=O) groups is 1. The number of hydrogen-bond acceptors (Lipinski definition) is 4. The molecule has 2 saturated heterocycles. The second-order valence-corrected chi connectivity index (χ2v) is 8.67. The van der Waals surface area contributed by atoms with Crippen LogP contribution in [0.5, 0.6) is 0 Å². The van der Waals surface area contributed by atoms with Crippen LogP contribution in [0.3, 0.4) is 0 Å². The SMILES string of the molecule is CC[C@@H]1Cc2c(F)cc(C(=O)OC)cc2CN1CC1CC2CCC(C1)N2C. The van der Waals surface area contributed by atoms with E-state index in [0.29, 0.717) is 11.6 Å². The molecule has 2 unspecified atom stereocenters. The number of ether oxygens (including phenoxy) is 1. The smallest absolute Gasteiger partial charge is 0.337 e. The van der Waals surface area contributed by atoms with Gasteiger partial charge in [0.25, 0.3) is 0 Å². The number of fused-ring (bicyclic) bond motifs is 3. The maximum absolute atomic E-state index is 14.6. The summed E-state index contributed by atoms with van der Waals surface area (Å²) in [5.41, 5.74) is 2.06. The van der Waals surface area contributed by atoms with Gasteiger partial charge in [-0.05, 0) is 74.8 Å². The zero-order chi connectivity index (χ0) is 19.1. The molecule has 3 heterocycles. The first-order valence-electron chi connectivity index (χ1n) is 10.4. The molecule has 5 heteroatoms. The van der Waals surface area contributed by atoms with Gasteiger partial charge in [0.15, 0.2) is 0 Å². The van der Waals surface area contributed by atoms with Crippen LogP contribution >= 0.6 is 0 Å². The highest BCUT2D eigenvalue weighted by Crippen LogP contribution is 2.39. The summed E-state index contributed by atoms with van der Waals surface area (Å²) in [6, 6.07) is 5.04. The first kappa shape index (κ1) is 18.9. The van der Waals surface area contributed by atoms with E-state index >= 15 is 0 Å². The third-order valence-electron chi connectivity index (χ3n) is 7.20. The number of hydrogen-bond donors (Lipinski definition) is 0. The Labute approximate surface area is 161 Å². The fourth-order valence-corrected chi connectivity index (χ4v) is 5.63. The van der Waals surface area contributed by atoms with E-state index in [0.717, 1.165) is 55.1 Å². The van der Waals surface area contributed by atoms with E-state index in [-0.39, 0.29) is 5.82 Å². The van der Waals surface area contributed by atoms with Crippen LogP contribution in [0.4, 0.5) is 4.39 Å². The number of methoxy groups -OCH3 is 1. The van der Waals surface area contributed by atoms with E-state index in [1.807, 2.05) is 6.07 Å². The molecule has 0 saturated carbocycles. The van der Waals surface area contributed by atoms with Crippen molar-refractivity contribution in [2.24, 2.45) is 5.92 Å². The number of rotatable bonds is 4. The second kappa shape index (κ2) is 7.51. The van der Waals surface area contributed by atoms with E-state index in [1.54, 1.807) is 0 Å². The molecule has 0 N–H and O–H groups in total. The number of carbonyl (C=O) groups excluding carboxylic acids is 1. The van der Waals surface area contributed by atoms with Crippen molar-refractivity contribution < 1.29 is 13.9 Å². The van der Waals surface area contributed by atoms with Gasteiger partial charge in [0.2, 0.25) is 0 Å². The molecule has 0 aliphatic carbocycles. The summed E-state index contributed by atoms with van der Waals surface area (Å²) >= 11 is 0. The molecule has 3 atom stereocenters. The second-order valence-electron chi connectivity index (χ2n) is 8.67. The van der Waals surface area contributed by atoms with Crippen molar-refractivity contribution in [2.45, 2.75) is 70.1 Å². The highest BCUT2D eigenvalue weighted by atomic mass is 19.1. The third kappa shape index (κ3) is 3.52. The molecule has 0 radical (unpaired) electrons. The maximum atomic E-state index is 14.6. The molecular weight excluding hydrogens is 343 g/mol. The van der Waals surface area contributed by atoms with Crippen molar-refractivity contribution in [3.05, 3.63) is 34.6 Å². The molecule has 2 fully saturated rings. The zero-order valence-electron chi connectivity index (χ0n) is 16.7. The molecule has 0 amide bonds. The Kier molecular flexibility index (Phi) is 5.26. The first-order valence-corrected chi connectivity index (χ1v) is 10.4. The predicted octanol–water partition coefficient (Wildman–Crippen LogP) is 3.62. The number of nitrogens with zero attached hydrogens (tertiary/aromatic N) is 2. The Morgan fingerprint density at radius 2 is 1.96 bits per heavy atom. The summed E-state index contributed by atoms with van der Waals surface area (Å²) in [7, 11) is 3.62. The molecule has 27 heavy (non-hydrogen) atoms. The van der Waals surface area contributed by atoms with Crippen LogP contribution in [0.2, 0.25) is 0 Å². The molecule has 3 aliphatic heterocycles. The summed E-state index contributed by atoms with van der Waals surface area (Å²) in [5.74, 6) is -0.000898. The largest absolute Gasteiger partial charge is 0.465 e. The topological polar surface area (TPSA) is 32.8 Å². The molecule has 1 aromatic carbocycles. The van der Waals surface area contributed by atoms with Gasteiger partial charge < -0.3 is 9.64 Å². The standard InChI is InChI=1S/C22H31FN2O2/c1-4-17-11-20-16(9-15(10-21(20)23)22(26)27-3)13-25(17)12-14-7-18-5-6-19(8-14)24(18)2/h9-10,14,17-19H,4-8,11-13H2,1-3H3/t14?,17-,18?,19?/m1/s1. The van der Waals surface area contributed by atoms with Crippen LogP contribution in [0.15, 0.2) is 12.1 Å². The predicted molar refractivity (Wildman–Crippen MR) is 103 cm³/mol. The highest BCUT2D eigenvalue weighted by Gasteiger charge is 2.40. The Morgan fingerprint density at radius 1 is 1.26 bits per heavy atom. The van der Waals surface area contributed by atoms with Crippen LogP contribution < -0.4 is 0 Å². The van der Waals surface area contributed by atoms with E-state index in [4.69, 9.17) is 4.74 Å². The minimum atomic E-state index is -0.465. The molecule has 148 valence electrons. The van der Waals surface area contributed by atoms with Crippen LogP contribution in [0.25, 0.3) is 0 Å². The summed E-state index contributed by atoms with van der Waals surface area (Å²) in [6.07, 6.45) is 7.00.